The van der Waals surface area contributed by atoms with Crippen molar-refractivity contribution in [2.75, 3.05) is 26.7 Å². The van der Waals surface area contributed by atoms with Crippen molar-refractivity contribution in [1.29, 1.82) is 0 Å². The first-order valence-corrected chi connectivity index (χ1v) is 6.08. The zero-order valence-electron chi connectivity index (χ0n) is 11.3. The molecule has 0 fully saturated rings. The van der Waals surface area contributed by atoms with Crippen LogP contribution < -0.4 is 0 Å². The van der Waals surface area contributed by atoms with E-state index in [2.05, 4.69) is 48.6 Å². The molecular weight excluding hydrogens is 170 g/mol. The summed E-state index contributed by atoms with van der Waals surface area (Å²) in [6.07, 6.45) is 0. The Morgan fingerprint density at radius 1 is 0.643 bits per heavy atom. The minimum Gasteiger partial charge on any atom is -0.325 e. The summed E-state index contributed by atoms with van der Waals surface area (Å²) in [5, 5.41) is 0. The summed E-state index contributed by atoms with van der Waals surface area (Å²) in [5.41, 5.74) is 0. The predicted octanol–water partition coefficient (Wildman–Crippen LogP) is 3.40. The predicted molar refractivity (Wildman–Crippen MR) is 65.3 cm³/mol. The van der Waals surface area contributed by atoms with E-state index in [0.717, 1.165) is 17.8 Å². The molecule has 0 aliphatic rings. The van der Waals surface area contributed by atoms with Gasteiger partial charge >= 0.3 is 0 Å². The van der Waals surface area contributed by atoms with Gasteiger partial charge in [0.25, 0.3) is 0 Å². The van der Waals surface area contributed by atoms with Gasteiger partial charge in [0, 0.05) is 17.8 Å². The van der Waals surface area contributed by atoms with Gasteiger partial charge in [-0.05, 0) is 0 Å². The van der Waals surface area contributed by atoms with E-state index < -0.39 is 0 Å². The van der Waals surface area contributed by atoms with Crippen LogP contribution >= 0.6 is 0 Å². The highest BCUT2D eigenvalue weighted by atomic mass is 15.3. The molecular formula is C13H30N+. The highest BCUT2D eigenvalue weighted by molar-refractivity contribution is 4.51. The molecule has 0 atom stereocenters. The summed E-state index contributed by atoms with van der Waals surface area (Å²) in [6.45, 7) is 17.9. The second-order valence-electron chi connectivity index (χ2n) is 6.35. The van der Waals surface area contributed by atoms with Crippen molar-refractivity contribution in [3.8, 4) is 0 Å². The fourth-order valence-electron chi connectivity index (χ4n) is 2.87. The van der Waals surface area contributed by atoms with Gasteiger partial charge in [-0.3, -0.25) is 0 Å². The summed E-state index contributed by atoms with van der Waals surface area (Å²) in [4.78, 5) is 0. The van der Waals surface area contributed by atoms with E-state index in [9.17, 15) is 0 Å². The summed E-state index contributed by atoms with van der Waals surface area (Å²) < 4.78 is 1.24. The van der Waals surface area contributed by atoms with Gasteiger partial charge < -0.3 is 4.48 Å². The van der Waals surface area contributed by atoms with Gasteiger partial charge in [-0.25, -0.2) is 0 Å². The van der Waals surface area contributed by atoms with Crippen LogP contribution in [0.1, 0.15) is 41.5 Å². The molecule has 0 rings (SSSR count). The van der Waals surface area contributed by atoms with Crippen LogP contribution in [0, 0.1) is 17.8 Å². The van der Waals surface area contributed by atoms with Crippen LogP contribution in [0.2, 0.25) is 0 Å². The molecule has 0 saturated heterocycles. The molecule has 0 aliphatic heterocycles. The Kier molecular flexibility index (Phi) is 5.73. The molecule has 0 aromatic carbocycles. The third-order valence-electron chi connectivity index (χ3n) is 2.42. The van der Waals surface area contributed by atoms with Gasteiger partial charge in [-0.2, -0.15) is 0 Å². The highest BCUT2D eigenvalue weighted by Gasteiger charge is 2.25. The first-order chi connectivity index (χ1) is 6.25. The van der Waals surface area contributed by atoms with Crippen LogP contribution in [0.5, 0.6) is 0 Å². The number of quaternary nitrogens is 1. The Labute approximate surface area is 91.1 Å². The summed E-state index contributed by atoms with van der Waals surface area (Å²) in [7, 11) is 2.42. The maximum absolute atomic E-state index is 2.42. The Bertz CT molecular complexity index is 121. The second kappa shape index (κ2) is 5.75. The van der Waals surface area contributed by atoms with Gasteiger partial charge in [0.15, 0.2) is 0 Å². The quantitative estimate of drug-likeness (QED) is 0.577. The van der Waals surface area contributed by atoms with Crippen molar-refractivity contribution in [2.24, 2.45) is 17.8 Å². The molecule has 0 heterocycles. The number of hydrogen-bond acceptors (Lipinski definition) is 0. The smallest absolute Gasteiger partial charge is 0.0807 e. The minimum atomic E-state index is 0.803. The maximum atomic E-state index is 2.42. The van der Waals surface area contributed by atoms with Crippen LogP contribution in [0.3, 0.4) is 0 Å². The Morgan fingerprint density at radius 3 is 1.00 bits per heavy atom. The Hall–Kier alpha value is -0.0400. The average molecular weight is 200 g/mol. The number of hydrogen-bond donors (Lipinski definition) is 0. The van der Waals surface area contributed by atoms with Crippen molar-refractivity contribution >= 4 is 0 Å². The van der Waals surface area contributed by atoms with Crippen LogP contribution in [0.4, 0.5) is 0 Å². The van der Waals surface area contributed by atoms with Gasteiger partial charge in [0.1, 0.15) is 0 Å². The van der Waals surface area contributed by atoms with E-state index in [1.165, 1.54) is 24.1 Å². The van der Waals surface area contributed by atoms with Gasteiger partial charge in [-0.15, -0.1) is 0 Å². The lowest BCUT2D eigenvalue weighted by atomic mass is 10.1. The molecule has 0 aromatic rings. The van der Waals surface area contributed by atoms with E-state index in [1.807, 2.05) is 0 Å². The molecule has 14 heavy (non-hydrogen) atoms. The fraction of sp³-hybridized carbons (Fsp3) is 1.00. The fourth-order valence-corrected chi connectivity index (χ4v) is 2.87. The van der Waals surface area contributed by atoms with Gasteiger partial charge in [-0.1, -0.05) is 41.5 Å². The standard InChI is InChI=1S/C13H30N/c1-11(2)8-14(7,9-12(3)4)10-13(5)6/h11-13H,8-10H2,1-7H3/q+1. The van der Waals surface area contributed by atoms with Crippen molar-refractivity contribution in [1.82, 2.24) is 0 Å². The minimum absolute atomic E-state index is 0.803. The van der Waals surface area contributed by atoms with Crippen molar-refractivity contribution in [3.63, 3.8) is 0 Å². The van der Waals surface area contributed by atoms with Crippen molar-refractivity contribution in [3.05, 3.63) is 0 Å². The molecule has 0 N–H and O–H groups in total. The lowest BCUT2D eigenvalue weighted by Gasteiger charge is -2.39. The van der Waals surface area contributed by atoms with Crippen LogP contribution in [-0.2, 0) is 0 Å². The van der Waals surface area contributed by atoms with E-state index in [1.54, 1.807) is 0 Å². The van der Waals surface area contributed by atoms with Gasteiger partial charge in [0.05, 0.1) is 26.7 Å². The number of rotatable bonds is 6. The lowest BCUT2D eigenvalue weighted by molar-refractivity contribution is -0.917. The summed E-state index contributed by atoms with van der Waals surface area (Å²) in [6, 6.07) is 0. The molecule has 0 aromatic heterocycles. The van der Waals surface area contributed by atoms with E-state index >= 15 is 0 Å². The van der Waals surface area contributed by atoms with Crippen LogP contribution in [0.15, 0.2) is 0 Å². The normalized spacial score (nSPS) is 13.3. The second-order valence-corrected chi connectivity index (χ2v) is 6.35. The van der Waals surface area contributed by atoms with E-state index in [-0.39, 0.29) is 0 Å². The Balaban J connectivity index is 4.32. The van der Waals surface area contributed by atoms with Gasteiger partial charge in [0.2, 0.25) is 0 Å². The van der Waals surface area contributed by atoms with Crippen molar-refractivity contribution in [2.45, 2.75) is 41.5 Å². The lowest BCUT2D eigenvalue weighted by Crippen LogP contribution is -2.50. The molecule has 1 heteroatoms. The molecule has 0 radical (unpaired) electrons. The largest absolute Gasteiger partial charge is 0.325 e. The van der Waals surface area contributed by atoms with Crippen LogP contribution in [0.25, 0.3) is 0 Å². The zero-order valence-corrected chi connectivity index (χ0v) is 11.3. The van der Waals surface area contributed by atoms with Crippen molar-refractivity contribution < 1.29 is 4.48 Å². The molecule has 0 unspecified atom stereocenters. The topological polar surface area (TPSA) is 0 Å². The van der Waals surface area contributed by atoms with E-state index in [4.69, 9.17) is 0 Å². The number of nitrogens with zero attached hydrogens (tertiary/aromatic N) is 1. The molecule has 1 nitrogen and oxygen atoms in total. The summed E-state index contributed by atoms with van der Waals surface area (Å²) >= 11 is 0. The van der Waals surface area contributed by atoms with Crippen LogP contribution in [-0.4, -0.2) is 31.2 Å². The maximum Gasteiger partial charge on any atom is 0.0807 e. The third kappa shape index (κ3) is 6.42. The third-order valence-corrected chi connectivity index (χ3v) is 2.42. The molecule has 0 aliphatic carbocycles. The molecule has 0 amide bonds. The summed E-state index contributed by atoms with van der Waals surface area (Å²) in [5.74, 6) is 2.41. The zero-order chi connectivity index (χ0) is 11.4. The monoisotopic (exact) mass is 200 g/mol. The average Bonchev–Trinajstić information content (AvgIpc) is 1.76. The highest BCUT2D eigenvalue weighted by Crippen LogP contribution is 2.15. The first-order valence-electron chi connectivity index (χ1n) is 6.08. The molecule has 0 spiro atoms. The SMILES string of the molecule is CC(C)C[N+](C)(CC(C)C)CC(C)C. The van der Waals surface area contributed by atoms with E-state index in [0.29, 0.717) is 0 Å². The molecule has 0 bridgehead atoms. The Morgan fingerprint density at radius 2 is 0.857 bits per heavy atom. The molecule has 0 saturated carbocycles. The first kappa shape index (κ1) is 14.0. The molecule has 86 valence electrons.